The van der Waals surface area contributed by atoms with Gasteiger partial charge in [-0.05, 0) is 51.0 Å². The number of nitrogens with zero attached hydrogens (tertiary/aromatic N) is 1. The van der Waals surface area contributed by atoms with E-state index in [4.69, 9.17) is 4.74 Å². The summed E-state index contributed by atoms with van der Waals surface area (Å²) in [5, 5.41) is 3.04. The summed E-state index contributed by atoms with van der Waals surface area (Å²) in [6, 6.07) is 7.73. The van der Waals surface area contributed by atoms with Crippen LogP contribution < -0.4 is 10.1 Å². The fraction of sp³-hybridized carbons (Fsp3) is 0.619. The molecule has 1 heterocycles. The molecule has 1 aliphatic heterocycles. The molecule has 2 aliphatic rings. The average molecular weight is 358 g/mol. The minimum atomic E-state index is 0.0233. The molecule has 1 aromatic carbocycles. The molecule has 142 valence electrons. The molecule has 0 bridgehead atoms. The number of carbonyl (C=O) groups excluding carboxylic acids is 2. The first-order chi connectivity index (χ1) is 12.7. The third kappa shape index (κ3) is 4.57. The first-order valence-corrected chi connectivity index (χ1v) is 9.87. The predicted molar refractivity (Wildman–Crippen MR) is 101 cm³/mol. The second-order valence-corrected chi connectivity index (χ2v) is 7.46. The van der Waals surface area contributed by atoms with Crippen LogP contribution in [0.15, 0.2) is 24.3 Å². The zero-order valence-electron chi connectivity index (χ0n) is 15.7. The van der Waals surface area contributed by atoms with Crippen LogP contribution in [0.5, 0.6) is 5.75 Å². The first-order valence-electron chi connectivity index (χ1n) is 9.87. The largest absolute Gasteiger partial charge is 0.496 e. The van der Waals surface area contributed by atoms with Crippen LogP contribution in [0.4, 0.5) is 0 Å². The molecule has 0 unspecified atom stereocenters. The van der Waals surface area contributed by atoms with Crippen molar-refractivity contribution in [3.63, 3.8) is 0 Å². The smallest absolute Gasteiger partial charge is 0.225 e. The van der Waals surface area contributed by atoms with Gasteiger partial charge in [0.05, 0.1) is 7.11 Å². The lowest BCUT2D eigenvalue weighted by Gasteiger charge is -2.33. The summed E-state index contributed by atoms with van der Waals surface area (Å²) in [5.41, 5.74) is 0.984. The Morgan fingerprint density at radius 2 is 1.69 bits per heavy atom. The third-order valence-corrected chi connectivity index (χ3v) is 5.76. The molecule has 1 N–H and O–H groups in total. The van der Waals surface area contributed by atoms with E-state index in [0.29, 0.717) is 12.5 Å². The summed E-state index contributed by atoms with van der Waals surface area (Å²) in [7, 11) is 1.64. The fourth-order valence-electron chi connectivity index (χ4n) is 4.15. The van der Waals surface area contributed by atoms with Crippen molar-refractivity contribution in [1.82, 2.24) is 10.2 Å². The van der Waals surface area contributed by atoms with Crippen molar-refractivity contribution in [2.24, 2.45) is 11.8 Å². The maximum absolute atomic E-state index is 12.6. The van der Waals surface area contributed by atoms with Crippen molar-refractivity contribution in [3.8, 4) is 5.75 Å². The van der Waals surface area contributed by atoms with E-state index in [1.165, 1.54) is 6.42 Å². The average Bonchev–Trinajstić information content (AvgIpc) is 2.72. The van der Waals surface area contributed by atoms with Crippen LogP contribution in [0.25, 0.3) is 0 Å². The zero-order valence-corrected chi connectivity index (χ0v) is 15.7. The van der Waals surface area contributed by atoms with E-state index in [9.17, 15) is 9.59 Å². The van der Waals surface area contributed by atoms with Crippen LogP contribution >= 0.6 is 0 Å². The Kier molecular flexibility index (Phi) is 6.53. The third-order valence-electron chi connectivity index (χ3n) is 5.76. The van der Waals surface area contributed by atoms with Crippen LogP contribution in [0.1, 0.15) is 50.5 Å². The highest BCUT2D eigenvalue weighted by molar-refractivity contribution is 5.81. The van der Waals surface area contributed by atoms with Crippen molar-refractivity contribution in [2.75, 3.05) is 20.2 Å². The Bertz CT molecular complexity index is 617. The summed E-state index contributed by atoms with van der Waals surface area (Å²) < 4.78 is 5.33. The van der Waals surface area contributed by atoms with Gasteiger partial charge in [-0.2, -0.15) is 0 Å². The lowest BCUT2D eigenvalue weighted by molar-refractivity contribution is -0.139. The Labute approximate surface area is 156 Å². The standard InChI is InChI=1S/C21H30N2O3/c1-26-19-8-4-3-7-18(19)15-22-20(24)16-9-11-17(12-10-16)21(25)23-13-5-2-6-14-23/h3-4,7-8,16-17H,2,5-6,9-15H2,1H3,(H,22,24). The molecule has 1 saturated heterocycles. The van der Waals surface area contributed by atoms with Gasteiger partial charge in [0.25, 0.3) is 0 Å². The van der Waals surface area contributed by atoms with Crippen LogP contribution in [-0.2, 0) is 16.1 Å². The van der Waals surface area contributed by atoms with E-state index < -0.39 is 0 Å². The molecular formula is C21H30N2O3. The van der Waals surface area contributed by atoms with E-state index in [0.717, 1.165) is 62.9 Å². The Morgan fingerprint density at radius 1 is 1.04 bits per heavy atom. The van der Waals surface area contributed by atoms with Gasteiger partial charge in [-0.3, -0.25) is 9.59 Å². The summed E-state index contributed by atoms with van der Waals surface area (Å²) in [6.07, 6.45) is 6.79. The Hall–Kier alpha value is -2.04. The molecule has 3 rings (SSSR count). The number of para-hydroxylation sites is 1. The van der Waals surface area contributed by atoms with Crippen molar-refractivity contribution in [3.05, 3.63) is 29.8 Å². The molecule has 0 aromatic heterocycles. The van der Waals surface area contributed by atoms with Crippen molar-refractivity contribution >= 4 is 11.8 Å². The number of hydrogen-bond donors (Lipinski definition) is 1. The number of ether oxygens (including phenoxy) is 1. The fourth-order valence-corrected chi connectivity index (χ4v) is 4.15. The van der Waals surface area contributed by atoms with Gasteiger partial charge in [0.15, 0.2) is 0 Å². The normalized spacial score (nSPS) is 23.3. The minimum Gasteiger partial charge on any atom is -0.496 e. The Morgan fingerprint density at radius 3 is 2.38 bits per heavy atom. The molecule has 2 amide bonds. The topological polar surface area (TPSA) is 58.6 Å². The second kappa shape index (κ2) is 9.06. The number of likely N-dealkylation sites (tertiary alicyclic amines) is 1. The van der Waals surface area contributed by atoms with E-state index in [2.05, 4.69) is 5.32 Å². The lowest BCUT2D eigenvalue weighted by atomic mass is 9.80. The lowest BCUT2D eigenvalue weighted by Crippen LogP contribution is -2.42. The minimum absolute atomic E-state index is 0.0233. The summed E-state index contributed by atoms with van der Waals surface area (Å²) >= 11 is 0. The van der Waals surface area contributed by atoms with E-state index >= 15 is 0 Å². The molecule has 1 aromatic rings. The number of hydrogen-bond acceptors (Lipinski definition) is 3. The van der Waals surface area contributed by atoms with Gasteiger partial charge in [-0.1, -0.05) is 18.2 Å². The van der Waals surface area contributed by atoms with Crippen molar-refractivity contribution < 1.29 is 14.3 Å². The maximum Gasteiger partial charge on any atom is 0.225 e. The van der Waals surface area contributed by atoms with E-state index in [-0.39, 0.29) is 17.7 Å². The molecule has 0 radical (unpaired) electrons. The van der Waals surface area contributed by atoms with Gasteiger partial charge >= 0.3 is 0 Å². The second-order valence-electron chi connectivity index (χ2n) is 7.46. The number of nitrogens with one attached hydrogen (secondary N) is 1. The number of amides is 2. The van der Waals surface area contributed by atoms with Crippen LogP contribution in [0.3, 0.4) is 0 Å². The van der Waals surface area contributed by atoms with Crippen molar-refractivity contribution in [1.29, 1.82) is 0 Å². The summed E-state index contributed by atoms with van der Waals surface area (Å²) in [5.74, 6) is 1.35. The summed E-state index contributed by atoms with van der Waals surface area (Å²) in [6.45, 7) is 2.31. The monoisotopic (exact) mass is 358 g/mol. The predicted octanol–water partition coefficient (Wildman–Crippen LogP) is 3.13. The van der Waals surface area contributed by atoms with E-state index in [1.54, 1.807) is 7.11 Å². The highest BCUT2D eigenvalue weighted by atomic mass is 16.5. The van der Waals surface area contributed by atoms with Gasteiger partial charge in [-0.15, -0.1) is 0 Å². The van der Waals surface area contributed by atoms with Crippen molar-refractivity contribution in [2.45, 2.75) is 51.5 Å². The van der Waals surface area contributed by atoms with Gasteiger partial charge < -0.3 is 15.0 Å². The molecular weight excluding hydrogens is 328 g/mol. The quantitative estimate of drug-likeness (QED) is 0.880. The molecule has 0 spiro atoms. The number of methoxy groups -OCH3 is 1. The number of rotatable bonds is 5. The molecule has 1 aliphatic carbocycles. The van der Waals surface area contributed by atoms with Gasteiger partial charge in [0.2, 0.25) is 11.8 Å². The molecule has 2 fully saturated rings. The van der Waals surface area contributed by atoms with Crippen LogP contribution in [-0.4, -0.2) is 36.9 Å². The SMILES string of the molecule is COc1ccccc1CNC(=O)C1CCC(C(=O)N2CCCCC2)CC1. The molecule has 5 heteroatoms. The van der Waals surface area contributed by atoms with Crippen LogP contribution in [0.2, 0.25) is 0 Å². The van der Waals surface area contributed by atoms with Gasteiger partial charge in [-0.25, -0.2) is 0 Å². The molecule has 26 heavy (non-hydrogen) atoms. The highest BCUT2D eigenvalue weighted by Gasteiger charge is 2.32. The van der Waals surface area contributed by atoms with E-state index in [1.807, 2.05) is 29.2 Å². The first kappa shape index (κ1) is 18.7. The molecule has 5 nitrogen and oxygen atoms in total. The Balaban J connectivity index is 1.45. The number of benzene rings is 1. The number of carbonyl (C=O) groups is 2. The summed E-state index contributed by atoms with van der Waals surface area (Å²) in [4.78, 5) is 27.2. The molecule has 1 saturated carbocycles. The maximum atomic E-state index is 12.6. The number of piperidine rings is 1. The molecule has 0 atom stereocenters. The zero-order chi connectivity index (χ0) is 18.4. The highest BCUT2D eigenvalue weighted by Crippen LogP contribution is 2.31. The van der Waals surface area contributed by atoms with Crippen LogP contribution in [0, 0.1) is 11.8 Å². The van der Waals surface area contributed by atoms with Gasteiger partial charge in [0.1, 0.15) is 5.75 Å². The van der Waals surface area contributed by atoms with Gasteiger partial charge in [0, 0.05) is 37.0 Å².